The lowest BCUT2D eigenvalue weighted by molar-refractivity contribution is -0.137. The Bertz CT molecular complexity index is 568. The van der Waals surface area contributed by atoms with Gasteiger partial charge in [-0.05, 0) is 31.9 Å². The molecular formula is C17H18O2. The lowest BCUT2D eigenvalue weighted by Gasteiger charge is -2.40. The van der Waals surface area contributed by atoms with E-state index in [1.807, 2.05) is 43.3 Å². The van der Waals surface area contributed by atoms with Crippen molar-refractivity contribution in [3.8, 4) is 0 Å². The van der Waals surface area contributed by atoms with Crippen molar-refractivity contribution in [3.63, 3.8) is 0 Å². The van der Waals surface area contributed by atoms with E-state index in [0.717, 1.165) is 17.7 Å². The molecule has 0 saturated carbocycles. The summed E-state index contributed by atoms with van der Waals surface area (Å²) in [5.74, 6) is 1.05. The molecule has 3 rings (SSSR count). The number of benzene rings is 1. The molecule has 2 atom stereocenters. The first-order valence-electron chi connectivity index (χ1n) is 6.73. The Morgan fingerprint density at radius 1 is 1.21 bits per heavy atom. The molecule has 0 amide bonds. The number of ketones is 1. The van der Waals surface area contributed by atoms with E-state index < -0.39 is 5.60 Å². The van der Waals surface area contributed by atoms with Crippen LogP contribution in [-0.4, -0.2) is 5.78 Å². The molecule has 2 aliphatic rings. The van der Waals surface area contributed by atoms with Gasteiger partial charge in [-0.1, -0.05) is 42.0 Å². The molecule has 1 fully saturated rings. The summed E-state index contributed by atoms with van der Waals surface area (Å²) in [6, 6.07) is 10.0. The third kappa shape index (κ3) is 2.12. The minimum Gasteiger partial charge on any atom is -0.486 e. The first-order valence-corrected chi connectivity index (χ1v) is 6.73. The maximum absolute atomic E-state index is 12.4. The van der Waals surface area contributed by atoms with Crippen molar-refractivity contribution in [2.75, 3.05) is 0 Å². The number of Topliss-reactive ketones (excluding diaryl/α,β-unsaturated/α-hetero) is 1. The summed E-state index contributed by atoms with van der Waals surface area (Å²) in [5.41, 5.74) is 1.78. The molecule has 98 valence electrons. The maximum Gasteiger partial charge on any atom is 0.148 e. The van der Waals surface area contributed by atoms with Gasteiger partial charge < -0.3 is 4.74 Å². The van der Waals surface area contributed by atoms with Crippen LogP contribution in [0.25, 0.3) is 0 Å². The van der Waals surface area contributed by atoms with Crippen molar-refractivity contribution in [3.05, 3.63) is 59.4 Å². The van der Waals surface area contributed by atoms with Gasteiger partial charge in [0.15, 0.2) is 0 Å². The Morgan fingerprint density at radius 2 is 1.95 bits per heavy atom. The van der Waals surface area contributed by atoms with Crippen LogP contribution in [0.5, 0.6) is 0 Å². The fraction of sp³-hybridized carbons (Fsp3) is 0.353. The molecule has 2 unspecified atom stereocenters. The molecule has 0 aromatic heterocycles. The number of carbonyl (C=O) groups is 1. The van der Waals surface area contributed by atoms with Crippen molar-refractivity contribution in [2.45, 2.75) is 32.3 Å². The molecule has 1 saturated heterocycles. The highest BCUT2D eigenvalue weighted by Gasteiger charge is 2.42. The van der Waals surface area contributed by atoms with Gasteiger partial charge in [0.25, 0.3) is 0 Å². The van der Waals surface area contributed by atoms with Crippen molar-refractivity contribution >= 4 is 5.78 Å². The Labute approximate surface area is 113 Å². The normalized spacial score (nSPS) is 30.0. The summed E-state index contributed by atoms with van der Waals surface area (Å²) in [6.07, 6.45) is 5.26. The van der Waals surface area contributed by atoms with Gasteiger partial charge in [-0.3, -0.25) is 4.79 Å². The van der Waals surface area contributed by atoms with E-state index in [1.165, 1.54) is 5.57 Å². The topological polar surface area (TPSA) is 26.3 Å². The molecule has 1 aromatic rings. The number of carbonyl (C=O) groups excluding carboxylic acids is 1. The third-order valence-electron chi connectivity index (χ3n) is 4.03. The van der Waals surface area contributed by atoms with Gasteiger partial charge in [-0.15, -0.1) is 0 Å². The van der Waals surface area contributed by atoms with Crippen LogP contribution in [0.3, 0.4) is 0 Å². The van der Waals surface area contributed by atoms with Crippen LogP contribution in [0, 0.1) is 5.92 Å². The molecule has 1 heterocycles. The molecule has 0 bridgehead atoms. The van der Waals surface area contributed by atoms with Crippen LogP contribution >= 0.6 is 0 Å². The van der Waals surface area contributed by atoms with E-state index in [1.54, 1.807) is 0 Å². The SMILES string of the molecule is CC1=CC=C2OC(C)(c3ccccc3)CC(=O)C2C1. The Kier molecular flexibility index (Phi) is 2.81. The van der Waals surface area contributed by atoms with Crippen LogP contribution < -0.4 is 0 Å². The highest BCUT2D eigenvalue weighted by Crippen LogP contribution is 2.42. The highest BCUT2D eigenvalue weighted by molar-refractivity contribution is 5.86. The number of hydrogen-bond donors (Lipinski definition) is 0. The van der Waals surface area contributed by atoms with E-state index in [9.17, 15) is 4.79 Å². The van der Waals surface area contributed by atoms with Crippen LogP contribution in [0.2, 0.25) is 0 Å². The predicted octanol–water partition coefficient (Wildman–Crippen LogP) is 3.74. The lowest BCUT2D eigenvalue weighted by Crippen LogP contribution is -2.39. The summed E-state index contributed by atoms with van der Waals surface area (Å²) in [7, 11) is 0. The molecule has 0 N–H and O–H groups in total. The summed E-state index contributed by atoms with van der Waals surface area (Å²) >= 11 is 0. The van der Waals surface area contributed by atoms with E-state index in [2.05, 4.69) is 13.0 Å². The van der Waals surface area contributed by atoms with Gasteiger partial charge in [0, 0.05) is 0 Å². The van der Waals surface area contributed by atoms with Gasteiger partial charge >= 0.3 is 0 Å². The van der Waals surface area contributed by atoms with Gasteiger partial charge in [0.1, 0.15) is 17.1 Å². The van der Waals surface area contributed by atoms with Gasteiger partial charge in [0.05, 0.1) is 12.3 Å². The summed E-state index contributed by atoms with van der Waals surface area (Å²) in [5, 5.41) is 0. The molecule has 2 nitrogen and oxygen atoms in total. The number of fused-ring (bicyclic) bond motifs is 1. The zero-order chi connectivity index (χ0) is 13.5. The van der Waals surface area contributed by atoms with Crippen molar-refractivity contribution in [1.29, 1.82) is 0 Å². The standard InChI is InChI=1S/C17H18O2/c1-12-8-9-16-14(10-12)15(18)11-17(2,19-16)13-6-4-3-5-7-13/h3-9,14H,10-11H2,1-2H3. The number of allylic oxidation sites excluding steroid dienone is 4. The van der Waals surface area contributed by atoms with E-state index in [4.69, 9.17) is 4.74 Å². The average molecular weight is 254 g/mol. The molecular weight excluding hydrogens is 236 g/mol. The molecule has 0 radical (unpaired) electrons. The number of hydrogen-bond acceptors (Lipinski definition) is 2. The Morgan fingerprint density at radius 3 is 2.68 bits per heavy atom. The maximum atomic E-state index is 12.4. The monoisotopic (exact) mass is 254 g/mol. The van der Waals surface area contributed by atoms with Crippen molar-refractivity contribution < 1.29 is 9.53 Å². The van der Waals surface area contributed by atoms with Crippen LogP contribution in [0.15, 0.2) is 53.8 Å². The average Bonchev–Trinajstić information content (AvgIpc) is 2.41. The lowest BCUT2D eigenvalue weighted by atomic mass is 9.79. The molecule has 0 spiro atoms. The first-order chi connectivity index (χ1) is 9.08. The Hall–Kier alpha value is -1.83. The fourth-order valence-corrected chi connectivity index (χ4v) is 2.91. The van der Waals surface area contributed by atoms with Crippen LogP contribution in [0.1, 0.15) is 32.3 Å². The van der Waals surface area contributed by atoms with E-state index in [0.29, 0.717) is 6.42 Å². The van der Waals surface area contributed by atoms with Gasteiger partial charge in [0.2, 0.25) is 0 Å². The second-order valence-corrected chi connectivity index (χ2v) is 5.68. The van der Waals surface area contributed by atoms with Crippen molar-refractivity contribution in [1.82, 2.24) is 0 Å². The second kappa shape index (κ2) is 4.37. The number of rotatable bonds is 1. The molecule has 1 aliphatic carbocycles. The summed E-state index contributed by atoms with van der Waals surface area (Å²) in [4.78, 5) is 12.4. The predicted molar refractivity (Wildman–Crippen MR) is 74.5 cm³/mol. The first kappa shape index (κ1) is 12.2. The van der Waals surface area contributed by atoms with E-state index >= 15 is 0 Å². The highest BCUT2D eigenvalue weighted by atomic mass is 16.5. The smallest absolute Gasteiger partial charge is 0.148 e. The summed E-state index contributed by atoms with van der Waals surface area (Å²) in [6.45, 7) is 4.06. The molecule has 2 heteroatoms. The third-order valence-corrected chi connectivity index (χ3v) is 4.03. The minimum atomic E-state index is -0.528. The van der Waals surface area contributed by atoms with Crippen LogP contribution in [0.4, 0.5) is 0 Å². The summed E-state index contributed by atoms with van der Waals surface area (Å²) < 4.78 is 6.18. The van der Waals surface area contributed by atoms with E-state index in [-0.39, 0.29) is 11.7 Å². The zero-order valence-corrected chi connectivity index (χ0v) is 11.3. The quantitative estimate of drug-likeness (QED) is 0.763. The minimum absolute atomic E-state index is 0.0678. The molecule has 1 aliphatic heterocycles. The molecule has 1 aromatic carbocycles. The van der Waals surface area contributed by atoms with Gasteiger partial charge in [-0.25, -0.2) is 0 Å². The molecule has 19 heavy (non-hydrogen) atoms. The van der Waals surface area contributed by atoms with Crippen LogP contribution in [-0.2, 0) is 15.1 Å². The Balaban J connectivity index is 1.97. The van der Waals surface area contributed by atoms with Gasteiger partial charge in [-0.2, -0.15) is 0 Å². The largest absolute Gasteiger partial charge is 0.486 e. The van der Waals surface area contributed by atoms with Crippen molar-refractivity contribution in [2.24, 2.45) is 5.92 Å². The fourth-order valence-electron chi connectivity index (χ4n) is 2.91. The second-order valence-electron chi connectivity index (χ2n) is 5.68. The zero-order valence-electron chi connectivity index (χ0n) is 11.3. The number of ether oxygens (including phenoxy) is 1.